The van der Waals surface area contributed by atoms with Crippen LogP contribution in [0, 0.1) is 5.92 Å². The number of halogens is 2. The summed E-state index contributed by atoms with van der Waals surface area (Å²) in [6, 6.07) is 0. The van der Waals surface area contributed by atoms with Gasteiger partial charge in [-0.25, -0.2) is 0 Å². The Balaban J connectivity index is 1.97. The highest BCUT2D eigenvalue weighted by Crippen LogP contribution is 2.38. The van der Waals surface area contributed by atoms with Crippen LogP contribution in [0.15, 0.2) is 0 Å². The highest BCUT2D eigenvalue weighted by atomic mass is 79.9. The number of hydrogen-bond donors (Lipinski definition) is 0. The lowest BCUT2D eigenvalue weighted by molar-refractivity contribution is -0.142. The molecule has 3 atom stereocenters. The number of ether oxygens (including phenoxy) is 1. The van der Waals surface area contributed by atoms with Crippen molar-refractivity contribution in [2.75, 3.05) is 5.33 Å². The zero-order valence-corrected chi connectivity index (χ0v) is 11.5. The standard InChI is InChI=1S/C10H16Br2O2/c1-7(13)14-10-5-8(10)3-2-4-9(12)6-11/h8-10H,2-6H2,1H3. The number of carbonyl (C=O) groups excluding carboxylic acids is 1. The minimum absolute atomic E-state index is 0.142. The molecule has 0 radical (unpaired) electrons. The minimum Gasteiger partial charge on any atom is -0.462 e. The van der Waals surface area contributed by atoms with Gasteiger partial charge in [-0.15, -0.1) is 0 Å². The topological polar surface area (TPSA) is 26.3 Å². The van der Waals surface area contributed by atoms with Gasteiger partial charge in [-0.05, 0) is 25.2 Å². The predicted octanol–water partition coefficient (Wildman–Crippen LogP) is 3.27. The van der Waals surface area contributed by atoms with Gasteiger partial charge in [0.05, 0.1) is 0 Å². The van der Waals surface area contributed by atoms with Gasteiger partial charge in [-0.3, -0.25) is 4.79 Å². The lowest BCUT2D eigenvalue weighted by Gasteiger charge is -2.04. The normalized spacial score (nSPS) is 27.1. The Morgan fingerprint density at radius 3 is 2.93 bits per heavy atom. The van der Waals surface area contributed by atoms with Crippen molar-refractivity contribution in [2.45, 2.75) is 43.5 Å². The quantitative estimate of drug-likeness (QED) is 0.553. The van der Waals surface area contributed by atoms with Gasteiger partial charge in [-0.1, -0.05) is 38.3 Å². The summed E-state index contributed by atoms with van der Waals surface area (Å²) in [5.41, 5.74) is 0. The summed E-state index contributed by atoms with van der Waals surface area (Å²) in [6.45, 7) is 1.48. The lowest BCUT2D eigenvalue weighted by Crippen LogP contribution is -2.03. The first-order valence-corrected chi connectivity index (χ1v) is 7.04. The van der Waals surface area contributed by atoms with Crippen LogP contribution < -0.4 is 0 Å². The van der Waals surface area contributed by atoms with Crippen LogP contribution in [0.5, 0.6) is 0 Å². The van der Waals surface area contributed by atoms with Crippen LogP contribution in [0.1, 0.15) is 32.6 Å². The molecular formula is C10H16Br2O2. The maximum Gasteiger partial charge on any atom is 0.302 e. The van der Waals surface area contributed by atoms with Gasteiger partial charge < -0.3 is 4.74 Å². The highest BCUT2D eigenvalue weighted by molar-refractivity contribution is 9.12. The summed E-state index contributed by atoms with van der Waals surface area (Å²) < 4.78 is 5.10. The molecule has 3 unspecified atom stereocenters. The van der Waals surface area contributed by atoms with E-state index >= 15 is 0 Å². The molecule has 0 aromatic carbocycles. The van der Waals surface area contributed by atoms with Crippen LogP contribution in [-0.4, -0.2) is 22.2 Å². The van der Waals surface area contributed by atoms with E-state index in [4.69, 9.17) is 4.74 Å². The van der Waals surface area contributed by atoms with Gasteiger partial charge in [0.25, 0.3) is 0 Å². The zero-order chi connectivity index (χ0) is 10.6. The van der Waals surface area contributed by atoms with Gasteiger partial charge in [0, 0.05) is 17.1 Å². The Morgan fingerprint density at radius 1 is 1.64 bits per heavy atom. The molecule has 2 nitrogen and oxygen atoms in total. The fourth-order valence-corrected chi connectivity index (χ4v) is 2.21. The van der Waals surface area contributed by atoms with Gasteiger partial charge in [0.15, 0.2) is 0 Å². The first-order valence-electron chi connectivity index (χ1n) is 5.00. The molecule has 1 rings (SSSR count). The summed E-state index contributed by atoms with van der Waals surface area (Å²) in [5.74, 6) is 0.491. The Labute approximate surface area is 102 Å². The third-order valence-corrected chi connectivity index (χ3v) is 4.87. The van der Waals surface area contributed by atoms with Crippen molar-refractivity contribution in [1.82, 2.24) is 0 Å². The van der Waals surface area contributed by atoms with Crippen LogP contribution in [0.25, 0.3) is 0 Å². The number of alkyl halides is 2. The Morgan fingerprint density at radius 2 is 2.36 bits per heavy atom. The van der Waals surface area contributed by atoms with Crippen molar-refractivity contribution in [2.24, 2.45) is 5.92 Å². The average Bonchev–Trinajstić information content (AvgIpc) is 2.82. The lowest BCUT2D eigenvalue weighted by atomic mass is 10.1. The van der Waals surface area contributed by atoms with Crippen LogP contribution >= 0.6 is 31.9 Å². The molecule has 1 saturated carbocycles. The van der Waals surface area contributed by atoms with E-state index in [2.05, 4.69) is 31.9 Å². The smallest absolute Gasteiger partial charge is 0.302 e. The summed E-state index contributed by atoms with van der Waals surface area (Å²) in [4.78, 5) is 11.2. The van der Waals surface area contributed by atoms with E-state index in [0.29, 0.717) is 10.7 Å². The van der Waals surface area contributed by atoms with Crippen LogP contribution in [0.2, 0.25) is 0 Å². The van der Waals surface area contributed by atoms with Crippen LogP contribution in [0.3, 0.4) is 0 Å². The second-order valence-corrected chi connectivity index (χ2v) is 5.77. The van der Waals surface area contributed by atoms with E-state index in [1.807, 2.05) is 0 Å². The van der Waals surface area contributed by atoms with E-state index in [-0.39, 0.29) is 12.1 Å². The van der Waals surface area contributed by atoms with Crippen molar-refractivity contribution in [1.29, 1.82) is 0 Å². The Bertz CT molecular complexity index is 197. The molecule has 0 heterocycles. The third-order valence-electron chi connectivity index (χ3n) is 2.43. The zero-order valence-electron chi connectivity index (χ0n) is 8.34. The monoisotopic (exact) mass is 326 g/mol. The van der Waals surface area contributed by atoms with Crippen LogP contribution in [-0.2, 0) is 9.53 Å². The van der Waals surface area contributed by atoms with Crippen molar-refractivity contribution < 1.29 is 9.53 Å². The molecule has 0 aromatic rings. The summed E-state index contributed by atoms with van der Waals surface area (Å²) >= 11 is 7.00. The van der Waals surface area contributed by atoms with Crippen molar-refractivity contribution in [3.05, 3.63) is 0 Å². The largest absolute Gasteiger partial charge is 0.462 e. The molecule has 0 bridgehead atoms. The van der Waals surface area contributed by atoms with E-state index in [0.717, 1.165) is 11.8 Å². The van der Waals surface area contributed by atoms with Gasteiger partial charge in [0.2, 0.25) is 0 Å². The van der Waals surface area contributed by atoms with Crippen molar-refractivity contribution in [3.8, 4) is 0 Å². The van der Waals surface area contributed by atoms with Gasteiger partial charge in [-0.2, -0.15) is 0 Å². The van der Waals surface area contributed by atoms with Crippen molar-refractivity contribution in [3.63, 3.8) is 0 Å². The molecule has 14 heavy (non-hydrogen) atoms. The second-order valence-electron chi connectivity index (χ2n) is 3.83. The molecule has 1 fully saturated rings. The molecule has 1 aliphatic carbocycles. The van der Waals surface area contributed by atoms with E-state index < -0.39 is 0 Å². The van der Waals surface area contributed by atoms with Crippen LogP contribution in [0.4, 0.5) is 0 Å². The fraction of sp³-hybridized carbons (Fsp3) is 0.900. The second kappa shape index (κ2) is 6.11. The maximum atomic E-state index is 10.6. The highest BCUT2D eigenvalue weighted by Gasteiger charge is 2.39. The Kier molecular flexibility index (Phi) is 5.45. The number of rotatable bonds is 6. The summed E-state index contributed by atoms with van der Waals surface area (Å²) in [5, 5.41) is 1.01. The molecule has 1 aliphatic rings. The third kappa shape index (κ3) is 4.78. The molecule has 0 saturated heterocycles. The molecule has 0 aliphatic heterocycles. The molecule has 0 N–H and O–H groups in total. The first-order chi connectivity index (χ1) is 6.63. The number of carbonyl (C=O) groups is 1. The Hall–Kier alpha value is 0.430. The van der Waals surface area contributed by atoms with Crippen molar-refractivity contribution >= 4 is 37.8 Å². The molecular weight excluding hydrogens is 312 g/mol. The summed E-state index contributed by atoms with van der Waals surface area (Å²) in [6.07, 6.45) is 4.89. The predicted molar refractivity (Wildman–Crippen MR) is 64.0 cm³/mol. The van der Waals surface area contributed by atoms with E-state index in [1.54, 1.807) is 0 Å². The molecule has 4 heteroatoms. The number of esters is 1. The number of hydrogen-bond acceptors (Lipinski definition) is 2. The molecule has 0 aromatic heterocycles. The van der Waals surface area contributed by atoms with Gasteiger partial charge >= 0.3 is 5.97 Å². The minimum atomic E-state index is -0.142. The van der Waals surface area contributed by atoms with Gasteiger partial charge in [0.1, 0.15) is 6.10 Å². The first kappa shape index (κ1) is 12.5. The fourth-order valence-electron chi connectivity index (χ4n) is 1.56. The summed E-state index contributed by atoms with van der Waals surface area (Å²) in [7, 11) is 0. The van der Waals surface area contributed by atoms with E-state index in [1.165, 1.54) is 26.2 Å². The van der Waals surface area contributed by atoms with E-state index in [9.17, 15) is 4.79 Å². The maximum absolute atomic E-state index is 10.6. The average molecular weight is 328 g/mol. The molecule has 0 amide bonds. The SMILES string of the molecule is CC(=O)OC1CC1CCCC(Br)CBr. The molecule has 0 spiro atoms. The molecule has 82 valence electrons.